The highest BCUT2D eigenvalue weighted by atomic mass is 16.6. The van der Waals surface area contributed by atoms with E-state index in [1.807, 2.05) is 6.20 Å². The Balaban J connectivity index is 2.01. The molecule has 19 heavy (non-hydrogen) atoms. The molecule has 2 heterocycles. The van der Waals surface area contributed by atoms with Crippen LogP contribution in [-0.4, -0.2) is 49.5 Å². The van der Waals surface area contributed by atoms with E-state index < -0.39 is 0 Å². The first kappa shape index (κ1) is 14.1. The zero-order valence-corrected chi connectivity index (χ0v) is 11.8. The number of likely N-dealkylation sites (N-methyl/N-ethyl adjacent to an activating group) is 1. The van der Waals surface area contributed by atoms with Crippen LogP contribution < -0.4 is 5.48 Å². The minimum Gasteiger partial charge on any atom is -0.317 e. The number of hydroxylamine groups is 1. The van der Waals surface area contributed by atoms with Crippen LogP contribution in [0.1, 0.15) is 25.7 Å². The molecule has 2 aliphatic rings. The molecule has 0 unspecified atom stereocenters. The standard InChI is InChI=1S/C14H23N3O2/c1-16-7-3-5-12(10-16)9-13(15-19-2)11-17-8-4-6-14(17)18/h5,11,15H,3-4,6-10H2,1-2H3. The molecule has 5 heteroatoms. The van der Waals surface area contributed by atoms with Gasteiger partial charge in [0, 0.05) is 38.7 Å². The summed E-state index contributed by atoms with van der Waals surface area (Å²) in [6.07, 6.45) is 7.69. The Kier molecular flexibility index (Phi) is 4.99. The third kappa shape index (κ3) is 4.08. The Hall–Kier alpha value is -1.33. The molecule has 1 fully saturated rings. The maximum absolute atomic E-state index is 11.6. The summed E-state index contributed by atoms with van der Waals surface area (Å²) in [6, 6.07) is 0. The van der Waals surface area contributed by atoms with Gasteiger partial charge in [-0.25, -0.2) is 0 Å². The predicted octanol–water partition coefficient (Wildman–Crippen LogP) is 1.25. The van der Waals surface area contributed by atoms with E-state index in [9.17, 15) is 4.79 Å². The van der Waals surface area contributed by atoms with Crippen molar-refractivity contribution in [3.63, 3.8) is 0 Å². The topological polar surface area (TPSA) is 44.8 Å². The molecule has 0 spiro atoms. The summed E-state index contributed by atoms with van der Waals surface area (Å²) < 4.78 is 0. The molecule has 2 rings (SSSR count). The van der Waals surface area contributed by atoms with Gasteiger partial charge in [0.1, 0.15) is 0 Å². The molecular formula is C14H23N3O2. The fraction of sp³-hybridized carbons (Fsp3) is 0.643. The lowest BCUT2D eigenvalue weighted by Crippen LogP contribution is -2.27. The van der Waals surface area contributed by atoms with Crippen LogP contribution in [0.2, 0.25) is 0 Å². The number of hydrogen-bond donors (Lipinski definition) is 1. The fourth-order valence-electron chi connectivity index (χ4n) is 2.58. The Labute approximate surface area is 114 Å². The van der Waals surface area contributed by atoms with Gasteiger partial charge in [0.05, 0.1) is 12.8 Å². The molecule has 0 aliphatic carbocycles. The summed E-state index contributed by atoms with van der Waals surface area (Å²) in [5.41, 5.74) is 5.22. The maximum atomic E-state index is 11.6. The summed E-state index contributed by atoms with van der Waals surface area (Å²) >= 11 is 0. The van der Waals surface area contributed by atoms with Crippen molar-refractivity contribution < 1.29 is 9.63 Å². The van der Waals surface area contributed by atoms with E-state index in [1.54, 1.807) is 12.0 Å². The van der Waals surface area contributed by atoms with Gasteiger partial charge >= 0.3 is 0 Å². The molecule has 0 bridgehead atoms. The molecule has 0 aromatic rings. The zero-order chi connectivity index (χ0) is 13.7. The fourth-order valence-corrected chi connectivity index (χ4v) is 2.58. The number of nitrogens with zero attached hydrogens (tertiary/aromatic N) is 2. The monoisotopic (exact) mass is 265 g/mol. The van der Waals surface area contributed by atoms with Gasteiger partial charge in [-0.3, -0.25) is 15.1 Å². The first-order valence-corrected chi connectivity index (χ1v) is 6.84. The quantitative estimate of drug-likeness (QED) is 0.600. The van der Waals surface area contributed by atoms with Crippen LogP contribution in [0.25, 0.3) is 0 Å². The van der Waals surface area contributed by atoms with Crippen molar-refractivity contribution in [1.29, 1.82) is 0 Å². The number of rotatable bonds is 5. The van der Waals surface area contributed by atoms with Crippen LogP contribution in [0.5, 0.6) is 0 Å². The average Bonchev–Trinajstić information content (AvgIpc) is 2.75. The first-order valence-electron chi connectivity index (χ1n) is 6.84. The number of allylic oxidation sites excluding steroid dienone is 1. The summed E-state index contributed by atoms with van der Waals surface area (Å²) in [5.74, 6) is 0.199. The number of amides is 1. The number of carbonyl (C=O) groups is 1. The predicted molar refractivity (Wildman–Crippen MR) is 74.0 cm³/mol. The van der Waals surface area contributed by atoms with Gasteiger partial charge in [0.2, 0.25) is 5.91 Å². The lowest BCUT2D eigenvalue weighted by Gasteiger charge is -2.24. The second kappa shape index (κ2) is 6.73. The summed E-state index contributed by atoms with van der Waals surface area (Å²) in [5, 5.41) is 0. The van der Waals surface area contributed by atoms with Crippen molar-refractivity contribution in [3.05, 3.63) is 23.5 Å². The lowest BCUT2D eigenvalue weighted by atomic mass is 10.1. The highest BCUT2D eigenvalue weighted by Gasteiger charge is 2.19. The number of hydrogen-bond acceptors (Lipinski definition) is 4. The van der Waals surface area contributed by atoms with E-state index in [-0.39, 0.29) is 5.91 Å². The third-order valence-electron chi connectivity index (χ3n) is 3.49. The van der Waals surface area contributed by atoms with Gasteiger partial charge in [-0.15, -0.1) is 0 Å². The van der Waals surface area contributed by atoms with Gasteiger partial charge < -0.3 is 9.80 Å². The Morgan fingerprint density at radius 1 is 1.53 bits per heavy atom. The van der Waals surface area contributed by atoms with Crippen LogP contribution in [0.4, 0.5) is 0 Å². The number of nitrogens with one attached hydrogen (secondary N) is 1. The van der Waals surface area contributed by atoms with E-state index in [0.29, 0.717) is 6.42 Å². The second-order valence-corrected chi connectivity index (χ2v) is 5.22. The minimum absolute atomic E-state index is 0.199. The molecule has 1 amide bonds. The summed E-state index contributed by atoms with van der Waals surface area (Å²) in [6.45, 7) is 2.91. The number of likely N-dealkylation sites (tertiary alicyclic amines) is 1. The van der Waals surface area contributed by atoms with Crippen LogP contribution in [0.3, 0.4) is 0 Å². The van der Waals surface area contributed by atoms with Crippen molar-refractivity contribution in [2.45, 2.75) is 25.7 Å². The van der Waals surface area contributed by atoms with Crippen molar-refractivity contribution >= 4 is 5.91 Å². The summed E-state index contributed by atoms with van der Waals surface area (Å²) in [7, 11) is 3.73. The van der Waals surface area contributed by atoms with Gasteiger partial charge in [-0.1, -0.05) is 11.6 Å². The van der Waals surface area contributed by atoms with Crippen molar-refractivity contribution in [2.24, 2.45) is 0 Å². The largest absolute Gasteiger partial charge is 0.317 e. The molecule has 0 aromatic heterocycles. The van der Waals surface area contributed by atoms with Gasteiger partial charge in [0.25, 0.3) is 0 Å². The molecule has 1 N–H and O–H groups in total. The van der Waals surface area contributed by atoms with Crippen LogP contribution in [0.15, 0.2) is 23.5 Å². The van der Waals surface area contributed by atoms with E-state index in [2.05, 4.69) is 23.5 Å². The smallest absolute Gasteiger partial charge is 0.226 e. The maximum Gasteiger partial charge on any atom is 0.226 e. The van der Waals surface area contributed by atoms with Gasteiger partial charge in [-0.2, -0.15) is 0 Å². The molecule has 5 nitrogen and oxygen atoms in total. The van der Waals surface area contributed by atoms with Gasteiger partial charge in [-0.05, 0) is 19.9 Å². The van der Waals surface area contributed by atoms with E-state index in [0.717, 1.165) is 44.6 Å². The second-order valence-electron chi connectivity index (χ2n) is 5.22. The van der Waals surface area contributed by atoms with Crippen molar-refractivity contribution in [1.82, 2.24) is 15.3 Å². The lowest BCUT2D eigenvalue weighted by molar-refractivity contribution is -0.125. The molecular weight excluding hydrogens is 242 g/mol. The van der Waals surface area contributed by atoms with Crippen LogP contribution >= 0.6 is 0 Å². The third-order valence-corrected chi connectivity index (χ3v) is 3.49. The summed E-state index contributed by atoms with van der Waals surface area (Å²) in [4.78, 5) is 20.8. The molecule has 1 saturated heterocycles. The molecule has 0 aromatic carbocycles. The number of carbonyl (C=O) groups excluding carboxylic acids is 1. The Bertz CT molecular complexity index is 390. The Morgan fingerprint density at radius 3 is 3.00 bits per heavy atom. The molecule has 106 valence electrons. The van der Waals surface area contributed by atoms with E-state index in [4.69, 9.17) is 4.84 Å². The van der Waals surface area contributed by atoms with E-state index in [1.165, 1.54) is 5.57 Å². The normalized spacial score (nSPS) is 21.8. The SMILES string of the molecule is CONC(=CN1CCCC1=O)CC1=CCCN(C)C1. The molecule has 0 atom stereocenters. The van der Waals surface area contributed by atoms with Crippen LogP contribution in [0, 0.1) is 0 Å². The molecule has 0 saturated carbocycles. The minimum atomic E-state index is 0.199. The van der Waals surface area contributed by atoms with Crippen molar-refractivity contribution in [2.75, 3.05) is 33.8 Å². The van der Waals surface area contributed by atoms with Crippen molar-refractivity contribution in [3.8, 4) is 0 Å². The molecule has 0 radical (unpaired) electrons. The van der Waals surface area contributed by atoms with Crippen LogP contribution in [-0.2, 0) is 9.63 Å². The zero-order valence-electron chi connectivity index (χ0n) is 11.8. The molecule has 2 aliphatic heterocycles. The van der Waals surface area contributed by atoms with E-state index >= 15 is 0 Å². The highest BCUT2D eigenvalue weighted by Crippen LogP contribution is 2.18. The average molecular weight is 265 g/mol. The Morgan fingerprint density at radius 2 is 2.37 bits per heavy atom. The van der Waals surface area contributed by atoms with Gasteiger partial charge in [0.15, 0.2) is 0 Å². The highest BCUT2D eigenvalue weighted by molar-refractivity contribution is 5.79. The first-order chi connectivity index (χ1) is 9.19.